The van der Waals surface area contributed by atoms with E-state index in [-0.39, 0.29) is 4.90 Å². The molecule has 1 N–H and O–H groups in total. The van der Waals surface area contributed by atoms with Gasteiger partial charge in [0.25, 0.3) is 10.0 Å². The lowest BCUT2D eigenvalue weighted by atomic mass is 10.0. The standard InChI is InChI=1S/C18H14ClNO2S/c19-15-12-10-14(11-13-15)17-8-4-5-9-18(17)20-23(21,22)16-6-2-1-3-7-16/h1-13,20H. The van der Waals surface area contributed by atoms with E-state index in [0.717, 1.165) is 11.1 Å². The van der Waals surface area contributed by atoms with Gasteiger partial charge in [0.15, 0.2) is 0 Å². The van der Waals surface area contributed by atoms with Gasteiger partial charge in [-0.2, -0.15) is 0 Å². The highest BCUT2D eigenvalue weighted by Gasteiger charge is 2.15. The summed E-state index contributed by atoms with van der Waals surface area (Å²) >= 11 is 5.91. The molecule has 5 heteroatoms. The highest BCUT2D eigenvalue weighted by atomic mass is 35.5. The first kappa shape index (κ1) is 15.6. The molecule has 116 valence electrons. The lowest BCUT2D eigenvalue weighted by molar-refractivity contribution is 0.601. The minimum absolute atomic E-state index is 0.228. The summed E-state index contributed by atoms with van der Waals surface area (Å²) in [6.07, 6.45) is 0. The number of sulfonamides is 1. The van der Waals surface area contributed by atoms with Crippen molar-refractivity contribution < 1.29 is 8.42 Å². The van der Waals surface area contributed by atoms with Gasteiger partial charge in [0.1, 0.15) is 0 Å². The van der Waals surface area contributed by atoms with E-state index in [2.05, 4.69) is 4.72 Å². The van der Waals surface area contributed by atoms with Gasteiger partial charge in [-0.3, -0.25) is 4.72 Å². The Hall–Kier alpha value is -2.30. The monoisotopic (exact) mass is 343 g/mol. The molecule has 0 fully saturated rings. The molecule has 0 unspecified atom stereocenters. The van der Waals surface area contributed by atoms with Gasteiger partial charge in [-0.15, -0.1) is 0 Å². The van der Waals surface area contributed by atoms with Gasteiger partial charge >= 0.3 is 0 Å². The number of benzene rings is 3. The number of anilines is 1. The predicted octanol–water partition coefficient (Wildman–Crippen LogP) is 4.81. The van der Waals surface area contributed by atoms with E-state index < -0.39 is 10.0 Å². The molecule has 0 aromatic heterocycles. The van der Waals surface area contributed by atoms with Gasteiger partial charge in [-0.1, -0.05) is 60.1 Å². The van der Waals surface area contributed by atoms with Crippen LogP contribution in [0, 0.1) is 0 Å². The predicted molar refractivity (Wildman–Crippen MR) is 94.1 cm³/mol. The Morgan fingerprint density at radius 3 is 2.04 bits per heavy atom. The van der Waals surface area contributed by atoms with E-state index in [1.54, 1.807) is 54.6 Å². The molecule has 0 saturated heterocycles. The molecule has 0 aliphatic heterocycles. The summed E-state index contributed by atoms with van der Waals surface area (Å²) < 4.78 is 27.7. The number of rotatable bonds is 4. The summed E-state index contributed by atoms with van der Waals surface area (Å²) in [6.45, 7) is 0. The van der Waals surface area contributed by atoms with E-state index >= 15 is 0 Å². The van der Waals surface area contributed by atoms with Gasteiger partial charge in [0.05, 0.1) is 10.6 Å². The Bertz CT molecular complexity index is 907. The van der Waals surface area contributed by atoms with Crippen LogP contribution in [-0.2, 0) is 10.0 Å². The topological polar surface area (TPSA) is 46.2 Å². The zero-order valence-electron chi connectivity index (χ0n) is 12.1. The molecule has 0 heterocycles. The Morgan fingerprint density at radius 2 is 1.35 bits per heavy atom. The van der Waals surface area contributed by atoms with E-state index in [4.69, 9.17) is 11.6 Å². The van der Waals surface area contributed by atoms with Crippen LogP contribution in [-0.4, -0.2) is 8.42 Å². The third kappa shape index (κ3) is 3.55. The number of hydrogen-bond donors (Lipinski definition) is 1. The van der Waals surface area contributed by atoms with E-state index in [0.29, 0.717) is 10.7 Å². The second-order valence-electron chi connectivity index (χ2n) is 4.97. The molecular weight excluding hydrogens is 330 g/mol. The molecular formula is C18H14ClNO2S. The zero-order chi connectivity index (χ0) is 16.3. The highest BCUT2D eigenvalue weighted by Crippen LogP contribution is 2.30. The first-order valence-corrected chi connectivity index (χ1v) is 8.85. The summed E-state index contributed by atoms with van der Waals surface area (Å²) in [5, 5.41) is 0.635. The molecule has 0 bridgehead atoms. The normalized spacial score (nSPS) is 11.2. The van der Waals surface area contributed by atoms with Crippen LogP contribution in [0.3, 0.4) is 0 Å². The van der Waals surface area contributed by atoms with Gasteiger partial charge < -0.3 is 0 Å². The molecule has 0 aliphatic rings. The fraction of sp³-hybridized carbons (Fsp3) is 0. The van der Waals surface area contributed by atoms with Gasteiger partial charge in [-0.25, -0.2) is 8.42 Å². The summed E-state index contributed by atoms with van der Waals surface area (Å²) in [4.78, 5) is 0.228. The molecule has 0 spiro atoms. The van der Waals surface area contributed by atoms with Crippen LogP contribution in [0.1, 0.15) is 0 Å². The Labute approximate surface area is 140 Å². The van der Waals surface area contributed by atoms with Crippen molar-refractivity contribution in [3.05, 3.63) is 83.9 Å². The smallest absolute Gasteiger partial charge is 0.261 e. The maximum absolute atomic E-state index is 12.5. The second kappa shape index (κ2) is 6.44. The summed E-state index contributed by atoms with van der Waals surface area (Å²) in [6, 6.07) is 22.8. The van der Waals surface area contributed by atoms with Gasteiger partial charge in [0, 0.05) is 10.6 Å². The molecule has 3 aromatic carbocycles. The molecule has 0 saturated carbocycles. The lowest BCUT2D eigenvalue weighted by Crippen LogP contribution is -2.13. The maximum Gasteiger partial charge on any atom is 0.261 e. The lowest BCUT2D eigenvalue weighted by Gasteiger charge is -2.13. The third-order valence-corrected chi connectivity index (χ3v) is 5.01. The number of hydrogen-bond acceptors (Lipinski definition) is 2. The Kier molecular flexibility index (Phi) is 4.37. The van der Waals surface area contributed by atoms with Gasteiger partial charge in [-0.05, 0) is 35.9 Å². The molecule has 23 heavy (non-hydrogen) atoms. The quantitative estimate of drug-likeness (QED) is 0.739. The van der Waals surface area contributed by atoms with Crippen molar-refractivity contribution in [3.8, 4) is 11.1 Å². The summed E-state index contributed by atoms with van der Waals surface area (Å²) in [5.74, 6) is 0. The average Bonchev–Trinajstić information content (AvgIpc) is 2.57. The molecule has 0 atom stereocenters. The fourth-order valence-electron chi connectivity index (χ4n) is 2.26. The van der Waals surface area contributed by atoms with Crippen molar-refractivity contribution in [2.45, 2.75) is 4.90 Å². The highest BCUT2D eigenvalue weighted by molar-refractivity contribution is 7.92. The van der Waals surface area contributed by atoms with Crippen molar-refractivity contribution in [1.29, 1.82) is 0 Å². The molecule has 0 aliphatic carbocycles. The molecule has 0 amide bonds. The fourth-order valence-corrected chi connectivity index (χ4v) is 3.48. The molecule has 3 rings (SSSR count). The number of halogens is 1. The molecule has 3 aromatic rings. The van der Waals surface area contributed by atoms with Crippen molar-refractivity contribution in [2.75, 3.05) is 4.72 Å². The first-order chi connectivity index (χ1) is 11.1. The maximum atomic E-state index is 12.5. The van der Waals surface area contributed by atoms with Crippen LogP contribution in [0.5, 0.6) is 0 Å². The van der Waals surface area contributed by atoms with Crippen LogP contribution >= 0.6 is 11.6 Å². The Balaban J connectivity index is 2.00. The van der Waals surface area contributed by atoms with Crippen LogP contribution in [0.25, 0.3) is 11.1 Å². The van der Waals surface area contributed by atoms with Crippen LogP contribution in [0.4, 0.5) is 5.69 Å². The largest absolute Gasteiger partial charge is 0.279 e. The molecule has 3 nitrogen and oxygen atoms in total. The molecule has 0 radical (unpaired) electrons. The summed E-state index contributed by atoms with van der Waals surface area (Å²) in [5.41, 5.74) is 2.21. The van der Waals surface area contributed by atoms with Crippen molar-refractivity contribution in [2.24, 2.45) is 0 Å². The van der Waals surface area contributed by atoms with E-state index in [1.807, 2.05) is 24.3 Å². The number of nitrogens with one attached hydrogen (secondary N) is 1. The van der Waals surface area contributed by atoms with E-state index in [9.17, 15) is 8.42 Å². The van der Waals surface area contributed by atoms with Gasteiger partial charge in [0.2, 0.25) is 0 Å². The number of para-hydroxylation sites is 1. The van der Waals surface area contributed by atoms with Crippen molar-refractivity contribution >= 4 is 27.3 Å². The van der Waals surface area contributed by atoms with E-state index in [1.165, 1.54) is 0 Å². The van der Waals surface area contributed by atoms with Crippen LogP contribution < -0.4 is 4.72 Å². The Morgan fingerprint density at radius 1 is 0.739 bits per heavy atom. The minimum atomic E-state index is -3.63. The van der Waals surface area contributed by atoms with Crippen LogP contribution in [0.15, 0.2) is 83.8 Å². The second-order valence-corrected chi connectivity index (χ2v) is 7.09. The minimum Gasteiger partial charge on any atom is -0.279 e. The van der Waals surface area contributed by atoms with Crippen LogP contribution in [0.2, 0.25) is 5.02 Å². The third-order valence-electron chi connectivity index (χ3n) is 3.38. The summed E-state index contributed by atoms with van der Waals surface area (Å²) in [7, 11) is -3.63. The first-order valence-electron chi connectivity index (χ1n) is 6.99. The average molecular weight is 344 g/mol. The zero-order valence-corrected chi connectivity index (χ0v) is 13.7. The van der Waals surface area contributed by atoms with Crippen molar-refractivity contribution in [3.63, 3.8) is 0 Å². The SMILES string of the molecule is O=S(=O)(Nc1ccccc1-c1ccc(Cl)cc1)c1ccccc1. The van der Waals surface area contributed by atoms with Crippen molar-refractivity contribution in [1.82, 2.24) is 0 Å².